The molecule has 5 nitrogen and oxygen atoms in total. The predicted molar refractivity (Wildman–Crippen MR) is 72.0 cm³/mol. The molecule has 0 atom stereocenters. The van der Waals surface area contributed by atoms with Crippen LogP contribution in [0.3, 0.4) is 0 Å². The molecule has 0 amide bonds. The van der Waals surface area contributed by atoms with Gasteiger partial charge in [-0.05, 0) is 18.6 Å². The first-order valence-corrected chi connectivity index (χ1v) is 7.53. The summed E-state index contributed by atoms with van der Waals surface area (Å²) in [6, 6.07) is 4.38. The number of halogens is 1. The van der Waals surface area contributed by atoms with Crippen molar-refractivity contribution in [3.63, 3.8) is 0 Å². The van der Waals surface area contributed by atoms with Crippen LogP contribution < -0.4 is 4.74 Å². The Morgan fingerprint density at radius 3 is 2.84 bits per heavy atom. The van der Waals surface area contributed by atoms with Crippen LogP contribution in [0.15, 0.2) is 41.8 Å². The Hall–Kier alpha value is -1.53. The number of imidazole rings is 1. The zero-order valence-corrected chi connectivity index (χ0v) is 11.9. The van der Waals surface area contributed by atoms with E-state index in [1.165, 1.54) is 36.9 Å². The SMILES string of the molecule is CCCOc1cc(S(=O)(=O)n2ccnc2)ccc1Cl. The van der Waals surface area contributed by atoms with E-state index in [2.05, 4.69) is 4.98 Å². The van der Waals surface area contributed by atoms with Crippen LogP contribution in [0.2, 0.25) is 5.02 Å². The van der Waals surface area contributed by atoms with Crippen LogP contribution in [0.4, 0.5) is 0 Å². The van der Waals surface area contributed by atoms with Crippen molar-refractivity contribution in [2.24, 2.45) is 0 Å². The lowest BCUT2D eigenvalue weighted by molar-refractivity contribution is 0.317. The monoisotopic (exact) mass is 300 g/mol. The van der Waals surface area contributed by atoms with Crippen molar-refractivity contribution in [1.82, 2.24) is 8.96 Å². The van der Waals surface area contributed by atoms with Crippen LogP contribution >= 0.6 is 11.6 Å². The van der Waals surface area contributed by atoms with Crippen LogP contribution in [-0.4, -0.2) is 24.0 Å². The third-order valence-electron chi connectivity index (χ3n) is 2.42. The topological polar surface area (TPSA) is 61.2 Å². The molecule has 0 spiro atoms. The molecule has 102 valence electrons. The second-order valence-corrected chi connectivity index (χ2v) is 6.09. The molecule has 0 unspecified atom stereocenters. The van der Waals surface area contributed by atoms with E-state index in [9.17, 15) is 8.42 Å². The van der Waals surface area contributed by atoms with Gasteiger partial charge in [-0.25, -0.2) is 17.4 Å². The maximum absolute atomic E-state index is 12.3. The van der Waals surface area contributed by atoms with E-state index in [0.29, 0.717) is 17.4 Å². The molecule has 0 N–H and O–H groups in total. The molecule has 0 saturated heterocycles. The van der Waals surface area contributed by atoms with Gasteiger partial charge in [-0.3, -0.25) is 0 Å². The van der Waals surface area contributed by atoms with Crippen molar-refractivity contribution in [2.45, 2.75) is 18.2 Å². The van der Waals surface area contributed by atoms with Gasteiger partial charge in [0.2, 0.25) is 0 Å². The lowest BCUT2D eigenvalue weighted by atomic mass is 10.3. The molecule has 1 aromatic carbocycles. The van der Waals surface area contributed by atoms with Gasteiger partial charge in [0.25, 0.3) is 10.0 Å². The number of hydrogen-bond donors (Lipinski definition) is 0. The zero-order valence-electron chi connectivity index (χ0n) is 10.3. The fourth-order valence-electron chi connectivity index (χ4n) is 1.48. The zero-order chi connectivity index (χ0) is 13.9. The molecule has 1 aromatic heterocycles. The molecule has 7 heteroatoms. The first-order chi connectivity index (χ1) is 9.05. The van der Waals surface area contributed by atoms with Crippen molar-refractivity contribution in [3.05, 3.63) is 41.9 Å². The summed E-state index contributed by atoms with van der Waals surface area (Å²) in [6.07, 6.45) is 4.82. The molecule has 19 heavy (non-hydrogen) atoms. The van der Waals surface area contributed by atoms with E-state index in [-0.39, 0.29) is 4.90 Å². The molecule has 1 heterocycles. The van der Waals surface area contributed by atoms with E-state index in [1.807, 2.05) is 6.92 Å². The van der Waals surface area contributed by atoms with Crippen molar-refractivity contribution in [3.8, 4) is 5.75 Å². The summed E-state index contributed by atoms with van der Waals surface area (Å²) in [4.78, 5) is 3.84. The normalized spacial score (nSPS) is 11.5. The smallest absolute Gasteiger partial charge is 0.269 e. The molecule has 0 fully saturated rings. The van der Waals surface area contributed by atoms with Gasteiger partial charge in [-0.2, -0.15) is 0 Å². The minimum absolute atomic E-state index is 0.112. The molecular formula is C12H13ClN2O3S. The minimum atomic E-state index is -3.64. The maximum Gasteiger partial charge on any atom is 0.269 e. The molecule has 2 aromatic rings. The highest BCUT2D eigenvalue weighted by atomic mass is 35.5. The molecule has 0 aliphatic carbocycles. The van der Waals surface area contributed by atoms with Crippen molar-refractivity contribution < 1.29 is 13.2 Å². The summed E-state index contributed by atoms with van der Waals surface area (Å²) in [7, 11) is -3.64. The van der Waals surface area contributed by atoms with Crippen molar-refractivity contribution in [2.75, 3.05) is 6.61 Å². The second-order valence-electron chi connectivity index (χ2n) is 3.84. The predicted octanol–water partition coefficient (Wildman–Crippen LogP) is 2.56. The van der Waals surface area contributed by atoms with Crippen LogP contribution in [0.1, 0.15) is 13.3 Å². The lowest BCUT2D eigenvalue weighted by Gasteiger charge is -2.10. The molecular weight excluding hydrogens is 288 g/mol. The van der Waals surface area contributed by atoms with E-state index < -0.39 is 10.0 Å². The summed E-state index contributed by atoms with van der Waals surface area (Å²) in [5, 5.41) is 0.387. The fourth-order valence-corrected chi connectivity index (χ4v) is 2.78. The van der Waals surface area contributed by atoms with Crippen LogP contribution in [0.25, 0.3) is 0 Å². The second kappa shape index (κ2) is 5.63. The van der Waals surface area contributed by atoms with Gasteiger partial charge in [0.1, 0.15) is 12.1 Å². The Kier molecular flexibility index (Phi) is 4.11. The van der Waals surface area contributed by atoms with Crippen LogP contribution in [0.5, 0.6) is 5.75 Å². The molecule has 2 rings (SSSR count). The Morgan fingerprint density at radius 1 is 1.42 bits per heavy atom. The van der Waals surface area contributed by atoms with E-state index in [4.69, 9.17) is 16.3 Å². The van der Waals surface area contributed by atoms with Gasteiger partial charge in [0.15, 0.2) is 0 Å². The maximum atomic E-state index is 12.3. The summed E-state index contributed by atoms with van der Waals surface area (Å²) in [5.74, 6) is 0.365. The van der Waals surface area contributed by atoms with E-state index in [0.717, 1.165) is 10.4 Å². The van der Waals surface area contributed by atoms with Gasteiger partial charge < -0.3 is 4.74 Å². The fraction of sp³-hybridized carbons (Fsp3) is 0.250. The van der Waals surface area contributed by atoms with Crippen molar-refractivity contribution >= 4 is 21.6 Å². The van der Waals surface area contributed by atoms with Gasteiger partial charge in [0.05, 0.1) is 16.5 Å². The molecule has 0 radical (unpaired) electrons. The van der Waals surface area contributed by atoms with Gasteiger partial charge in [-0.1, -0.05) is 18.5 Å². The molecule has 0 bridgehead atoms. The Bertz CT molecular complexity index is 654. The molecule has 0 saturated carbocycles. The van der Waals surface area contributed by atoms with E-state index >= 15 is 0 Å². The third-order valence-corrected chi connectivity index (χ3v) is 4.35. The Labute approximate surface area is 116 Å². The van der Waals surface area contributed by atoms with Crippen LogP contribution in [0, 0.1) is 0 Å². The minimum Gasteiger partial charge on any atom is -0.492 e. The quantitative estimate of drug-likeness (QED) is 0.851. The number of rotatable bonds is 5. The van der Waals surface area contributed by atoms with Crippen LogP contribution in [-0.2, 0) is 10.0 Å². The lowest BCUT2D eigenvalue weighted by Crippen LogP contribution is -2.11. The number of hydrogen-bond acceptors (Lipinski definition) is 4. The summed E-state index contributed by atoms with van der Waals surface area (Å²) < 4.78 is 31.0. The highest BCUT2D eigenvalue weighted by molar-refractivity contribution is 7.90. The van der Waals surface area contributed by atoms with Gasteiger partial charge >= 0.3 is 0 Å². The Morgan fingerprint density at radius 2 is 2.21 bits per heavy atom. The average molecular weight is 301 g/mol. The third kappa shape index (κ3) is 2.90. The number of aromatic nitrogens is 2. The van der Waals surface area contributed by atoms with Gasteiger partial charge in [-0.15, -0.1) is 0 Å². The molecule has 0 aliphatic rings. The number of nitrogens with zero attached hydrogens (tertiary/aromatic N) is 2. The first-order valence-electron chi connectivity index (χ1n) is 5.71. The highest BCUT2D eigenvalue weighted by Crippen LogP contribution is 2.28. The average Bonchev–Trinajstić information content (AvgIpc) is 2.92. The number of benzene rings is 1. The number of ether oxygens (including phenoxy) is 1. The summed E-state index contributed by atoms with van der Waals surface area (Å²) >= 11 is 5.97. The standard InChI is InChI=1S/C12H13ClN2O3S/c1-2-7-18-12-8-10(3-4-11(12)13)19(16,17)15-6-5-14-9-15/h3-6,8-9H,2,7H2,1H3. The summed E-state index contributed by atoms with van der Waals surface area (Å²) in [6.45, 7) is 2.44. The first kappa shape index (κ1) is 13.9. The van der Waals surface area contributed by atoms with E-state index in [1.54, 1.807) is 0 Å². The molecule has 0 aliphatic heterocycles. The van der Waals surface area contributed by atoms with Gasteiger partial charge in [0, 0.05) is 18.5 Å². The highest BCUT2D eigenvalue weighted by Gasteiger charge is 2.18. The van der Waals surface area contributed by atoms with Crippen molar-refractivity contribution in [1.29, 1.82) is 0 Å². The largest absolute Gasteiger partial charge is 0.492 e. The summed E-state index contributed by atoms with van der Waals surface area (Å²) in [5.41, 5.74) is 0. The Balaban J connectivity index is 2.41.